The number of nitrogens with two attached hydrogens (primary N) is 1. The fourth-order valence-corrected chi connectivity index (χ4v) is 3.14. The molecule has 26 heavy (non-hydrogen) atoms. The molecule has 140 valence electrons. The van der Waals surface area contributed by atoms with Gasteiger partial charge in [-0.3, -0.25) is 9.59 Å². The first-order chi connectivity index (χ1) is 12.4. The zero-order valence-electron chi connectivity index (χ0n) is 14.8. The molecule has 0 unspecified atom stereocenters. The number of hydrogen-bond donors (Lipinski definition) is 2. The van der Waals surface area contributed by atoms with E-state index in [0.717, 1.165) is 0 Å². The van der Waals surface area contributed by atoms with Gasteiger partial charge in [0.25, 0.3) is 0 Å². The molecule has 1 aromatic heterocycles. The van der Waals surface area contributed by atoms with E-state index in [1.54, 1.807) is 19.1 Å². The molecule has 0 atom stereocenters. The molecular formula is C17H22FN5O2S. The number of aryl methyl sites for hydroxylation is 2. The van der Waals surface area contributed by atoms with Crippen LogP contribution in [0.5, 0.6) is 0 Å². The average molecular weight is 379 g/mol. The molecule has 1 aromatic carbocycles. The van der Waals surface area contributed by atoms with Crippen molar-refractivity contribution in [1.29, 1.82) is 0 Å². The molecule has 0 spiro atoms. The number of carbonyl (C=O) groups is 2. The molecule has 7 nitrogen and oxygen atoms in total. The second-order valence-electron chi connectivity index (χ2n) is 5.76. The van der Waals surface area contributed by atoms with E-state index in [-0.39, 0.29) is 30.4 Å². The van der Waals surface area contributed by atoms with Crippen LogP contribution in [-0.2, 0) is 29.1 Å². The number of nitrogens with zero attached hydrogens (tertiary/aromatic N) is 3. The fraction of sp³-hybridized carbons (Fsp3) is 0.412. The maximum absolute atomic E-state index is 13.5. The minimum absolute atomic E-state index is 0.169. The molecule has 0 fully saturated rings. The molecule has 1 heterocycles. The van der Waals surface area contributed by atoms with Gasteiger partial charge in [0.2, 0.25) is 11.8 Å². The maximum Gasteiger partial charge on any atom is 0.230 e. The fourth-order valence-electron chi connectivity index (χ4n) is 2.29. The number of aromatic nitrogens is 3. The Hall–Kier alpha value is -2.42. The molecule has 9 heteroatoms. The third-order valence-electron chi connectivity index (χ3n) is 3.76. The summed E-state index contributed by atoms with van der Waals surface area (Å²) in [5, 5.41) is 11.5. The van der Waals surface area contributed by atoms with Crippen LogP contribution >= 0.6 is 11.8 Å². The van der Waals surface area contributed by atoms with Crippen LogP contribution in [0.2, 0.25) is 0 Å². The van der Waals surface area contributed by atoms with Gasteiger partial charge in [0.1, 0.15) is 11.6 Å². The zero-order chi connectivity index (χ0) is 19.1. The van der Waals surface area contributed by atoms with Gasteiger partial charge in [-0.15, -0.1) is 10.2 Å². The van der Waals surface area contributed by atoms with Gasteiger partial charge in [-0.2, -0.15) is 0 Å². The molecule has 0 aliphatic carbocycles. The Morgan fingerprint density at radius 1 is 1.35 bits per heavy atom. The van der Waals surface area contributed by atoms with Crippen molar-refractivity contribution in [1.82, 2.24) is 20.1 Å². The van der Waals surface area contributed by atoms with Gasteiger partial charge in [-0.25, -0.2) is 4.39 Å². The van der Waals surface area contributed by atoms with E-state index in [2.05, 4.69) is 15.5 Å². The lowest BCUT2D eigenvalue weighted by Crippen LogP contribution is -2.24. The van der Waals surface area contributed by atoms with Gasteiger partial charge in [0, 0.05) is 25.9 Å². The first kappa shape index (κ1) is 19.9. The number of primary amides is 1. The number of nitrogens with one attached hydrogen (secondary N) is 1. The van der Waals surface area contributed by atoms with Crippen LogP contribution in [0.3, 0.4) is 0 Å². The number of carbonyl (C=O) groups excluding carboxylic acids is 2. The summed E-state index contributed by atoms with van der Waals surface area (Å²) in [5.41, 5.74) is 6.43. The molecule has 2 rings (SSSR count). The molecule has 0 bridgehead atoms. The van der Waals surface area contributed by atoms with Crippen LogP contribution < -0.4 is 11.1 Å². The lowest BCUT2D eigenvalue weighted by atomic mass is 10.1. The highest BCUT2D eigenvalue weighted by Gasteiger charge is 2.13. The molecular weight excluding hydrogens is 357 g/mol. The smallest absolute Gasteiger partial charge is 0.230 e. The van der Waals surface area contributed by atoms with Crippen molar-refractivity contribution >= 4 is 23.6 Å². The minimum Gasteiger partial charge on any atom is -0.370 e. The maximum atomic E-state index is 13.5. The van der Waals surface area contributed by atoms with Gasteiger partial charge in [0.15, 0.2) is 5.16 Å². The van der Waals surface area contributed by atoms with E-state index in [9.17, 15) is 14.0 Å². The average Bonchev–Trinajstić information content (AvgIpc) is 3.01. The number of halogens is 1. The van der Waals surface area contributed by atoms with E-state index in [1.807, 2.05) is 11.5 Å². The van der Waals surface area contributed by atoms with Crippen molar-refractivity contribution in [2.45, 2.75) is 44.9 Å². The summed E-state index contributed by atoms with van der Waals surface area (Å²) in [4.78, 5) is 22.9. The first-order valence-electron chi connectivity index (χ1n) is 8.25. The topological polar surface area (TPSA) is 103 Å². The molecule has 0 aliphatic rings. The van der Waals surface area contributed by atoms with Crippen LogP contribution in [0.25, 0.3) is 0 Å². The van der Waals surface area contributed by atoms with E-state index in [1.165, 1.54) is 17.8 Å². The predicted octanol–water partition coefficient (Wildman–Crippen LogP) is 1.57. The number of benzene rings is 1. The van der Waals surface area contributed by atoms with Gasteiger partial charge in [-0.1, -0.05) is 23.9 Å². The Morgan fingerprint density at radius 2 is 2.12 bits per heavy atom. The quantitative estimate of drug-likeness (QED) is 0.644. The predicted molar refractivity (Wildman–Crippen MR) is 96.9 cm³/mol. The molecule has 0 saturated carbocycles. The number of amides is 2. The summed E-state index contributed by atoms with van der Waals surface area (Å²) >= 11 is 1.26. The molecule has 0 saturated heterocycles. The van der Waals surface area contributed by atoms with E-state index < -0.39 is 5.91 Å². The monoisotopic (exact) mass is 379 g/mol. The van der Waals surface area contributed by atoms with Gasteiger partial charge >= 0.3 is 0 Å². The normalized spacial score (nSPS) is 10.7. The van der Waals surface area contributed by atoms with Crippen molar-refractivity contribution < 1.29 is 14.0 Å². The van der Waals surface area contributed by atoms with Gasteiger partial charge in [-0.05, 0) is 31.0 Å². The molecule has 0 aliphatic heterocycles. The first-order valence-corrected chi connectivity index (χ1v) is 9.24. The summed E-state index contributed by atoms with van der Waals surface area (Å²) in [6.07, 6.45) is 0.623. The van der Waals surface area contributed by atoms with Crippen molar-refractivity contribution in [2.24, 2.45) is 5.73 Å². The zero-order valence-corrected chi connectivity index (χ0v) is 15.6. The highest BCUT2D eigenvalue weighted by Crippen LogP contribution is 2.17. The Morgan fingerprint density at radius 3 is 2.77 bits per heavy atom. The SMILES string of the molecule is CCn1c(CCC(N)=O)nnc1SCC(=O)NCc1ccc(C)c(F)c1. The third kappa shape index (κ3) is 5.55. The third-order valence-corrected chi connectivity index (χ3v) is 4.73. The van der Waals surface area contributed by atoms with Gasteiger partial charge in [0.05, 0.1) is 5.75 Å². The van der Waals surface area contributed by atoms with E-state index in [4.69, 9.17) is 5.73 Å². The Labute approximate surface area is 155 Å². The van der Waals surface area contributed by atoms with Crippen molar-refractivity contribution in [3.05, 3.63) is 41.0 Å². The second kappa shape index (κ2) is 9.33. The van der Waals surface area contributed by atoms with Crippen LogP contribution in [0.1, 0.15) is 30.3 Å². The van der Waals surface area contributed by atoms with Crippen molar-refractivity contribution in [2.75, 3.05) is 5.75 Å². The second-order valence-corrected chi connectivity index (χ2v) is 6.70. The van der Waals surface area contributed by atoms with Crippen LogP contribution in [0.4, 0.5) is 4.39 Å². The van der Waals surface area contributed by atoms with Gasteiger partial charge < -0.3 is 15.6 Å². The van der Waals surface area contributed by atoms with Crippen molar-refractivity contribution in [3.8, 4) is 0 Å². The summed E-state index contributed by atoms with van der Waals surface area (Å²) < 4.78 is 15.4. The van der Waals surface area contributed by atoms with E-state index in [0.29, 0.717) is 35.1 Å². The Bertz CT molecular complexity index is 793. The van der Waals surface area contributed by atoms with Crippen molar-refractivity contribution in [3.63, 3.8) is 0 Å². The summed E-state index contributed by atoms with van der Waals surface area (Å²) in [6, 6.07) is 4.88. The summed E-state index contributed by atoms with van der Waals surface area (Å²) in [5.74, 6) is -0.0189. The highest BCUT2D eigenvalue weighted by atomic mass is 32.2. The minimum atomic E-state index is -0.392. The Kier molecular flexibility index (Phi) is 7.14. The van der Waals surface area contributed by atoms with E-state index >= 15 is 0 Å². The molecule has 3 N–H and O–H groups in total. The summed E-state index contributed by atoms with van der Waals surface area (Å²) in [7, 11) is 0. The molecule has 0 radical (unpaired) electrons. The lowest BCUT2D eigenvalue weighted by Gasteiger charge is -2.08. The van der Waals surface area contributed by atoms with Crippen LogP contribution in [0.15, 0.2) is 23.4 Å². The molecule has 2 aromatic rings. The number of thioether (sulfide) groups is 1. The number of rotatable bonds is 9. The van der Waals surface area contributed by atoms with Crippen LogP contribution in [0, 0.1) is 12.7 Å². The lowest BCUT2D eigenvalue weighted by molar-refractivity contribution is -0.119. The number of hydrogen-bond acceptors (Lipinski definition) is 5. The Balaban J connectivity index is 1.86. The largest absolute Gasteiger partial charge is 0.370 e. The summed E-state index contributed by atoms with van der Waals surface area (Å²) in [6.45, 7) is 4.53. The molecule has 2 amide bonds. The standard InChI is InChI=1S/C17H22FN5O2S/c1-3-23-15(7-6-14(19)24)21-22-17(23)26-10-16(25)20-9-12-5-4-11(2)13(18)8-12/h4-5,8H,3,6-7,9-10H2,1-2H3,(H2,19,24)(H,20,25). The highest BCUT2D eigenvalue weighted by molar-refractivity contribution is 7.99. The van der Waals surface area contributed by atoms with Crippen LogP contribution in [-0.4, -0.2) is 32.3 Å².